The molecule has 1 rings (SSSR count). The molecule has 0 spiro atoms. The Morgan fingerprint density at radius 1 is 1.33 bits per heavy atom. The topological polar surface area (TPSA) is 37.3 Å². The van der Waals surface area contributed by atoms with Gasteiger partial charge in [-0.25, -0.2) is 4.21 Å². The molecule has 0 heterocycles. The second-order valence-corrected chi connectivity index (χ2v) is 6.48. The molecule has 0 amide bonds. The Morgan fingerprint density at radius 3 is 2.44 bits per heavy atom. The van der Waals surface area contributed by atoms with Crippen molar-refractivity contribution in [2.45, 2.75) is 50.5 Å². The van der Waals surface area contributed by atoms with Gasteiger partial charge in [0.05, 0.1) is 16.4 Å². The number of aliphatic hydroxyl groups is 1. The molecular formula is C15H22O2S. The molecule has 0 aliphatic heterocycles. The molecule has 3 heteroatoms. The Kier molecular flexibility index (Phi) is 5.76. The van der Waals surface area contributed by atoms with Crippen LogP contribution in [-0.2, 0) is 10.8 Å². The van der Waals surface area contributed by atoms with Crippen molar-refractivity contribution in [3.63, 3.8) is 0 Å². The Hall–Kier alpha value is -0.930. The summed E-state index contributed by atoms with van der Waals surface area (Å²) in [6.07, 6.45) is 4.53. The van der Waals surface area contributed by atoms with Gasteiger partial charge in [-0.2, -0.15) is 0 Å². The van der Waals surface area contributed by atoms with Crippen molar-refractivity contribution in [3.8, 4) is 0 Å². The molecule has 1 atom stereocenters. The van der Waals surface area contributed by atoms with E-state index in [2.05, 4.69) is 6.92 Å². The first-order valence-electron chi connectivity index (χ1n) is 6.35. The number of rotatable bonds is 6. The lowest BCUT2D eigenvalue weighted by Crippen LogP contribution is -2.16. The summed E-state index contributed by atoms with van der Waals surface area (Å²) in [6, 6.07) is 9.40. The van der Waals surface area contributed by atoms with Gasteiger partial charge < -0.3 is 5.11 Å². The molecule has 0 fully saturated rings. The maximum atomic E-state index is 12.5. The predicted molar refractivity (Wildman–Crippen MR) is 76.8 cm³/mol. The lowest BCUT2D eigenvalue weighted by atomic mass is 10.1. The Balaban J connectivity index is 2.97. The highest BCUT2D eigenvalue weighted by Gasteiger charge is 2.15. The van der Waals surface area contributed by atoms with Gasteiger partial charge in [0.25, 0.3) is 0 Å². The molecule has 0 aromatic heterocycles. The lowest BCUT2D eigenvalue weighted by molar-refractivity contribution is 0.132. The predicted octanol–water partition coefficient (Wildman–Crippen LogP) is 3.64. The normalized spacial score (nSPS) is 14.6. The van der Waals surface area contributed by atoms with Crippen molar-refractivity contribution < 1.29 is 9.32 Å². The summed E-state index contributed by atoms with van der Waals surface area (Å²) >= 11 is 0. The number of allylic oxidation sites excluding steroid dienone is 1. The first-order chi connectivity index (χ1) is 8.44. The van der Waals surface area contributed by atoms with Crippen LogP contribution in [-0.4, -0.2) is 14.9 Å². The van der Waals surface area contributed by atoms with Gasteiger partial charge in [0.2, 0.25) is 0 Å². The SMILES string of the molecule is CCCC/C(=C/C(C)(C)O)S(=O)c1ccccc1. The summed E-state index contributed by atoms with van der Waals surface area (Å²) in [6.45, 7) is 5.52. The van der Waals surface area contributed by atoms with E-state index in [0.717, 1.165) is 29.1 Å². The van der Waals surface area contributed by atoms with Crippen molar-refractivity contribution in [1.82, 2.24) is 0 Å². The van der Waals surface area contributed by atoms with Crippen LogP contribution < -0.4 is 0 Å². The molecule has 0 saturated heterocycles. The highest BCUT2D eigenvalue weighted by Crippen LogP contribution is 2.22. The van der Waals surface area contributed by atoms with Gasteiger partial charge in [-0.05, 0) is 44.9 Å². The summed E-state index contributed by atoms with van der Waals surface area (Å²) in [5.74, 6) is 0. The molecule has 0 radical (unpaired) electrons. The quantitative estimate of drug-likeness (QED) is 0.853. The van der Waals surface area contributed by atoms with Crippen LogP contribution in [0.15, 0.2) is 46.2 Å². The third-order valence-corrected chi connectivity index (χ3v) is 3.98. The molecule has 2 nitrogen and oxygen atoms in total. The lowest BCUT2D eigenvalue weighted by Gasteiger charge is -2.15. The van der Waals surface area contributed by atoms with Crippen LogP contribution in [0.4, 0.5) is 0 Å². The molecule has 0 aliphatic carbocycles. The van der Waals surface area contributed by atoms with Gasteiger partial charge in [0.15, 0.2) is 0 Å². The first kappa shape index (κ1) is 15.1. The Labute approximate surface area is 112 Å². The molecule has 1 N–H and O–H groups in total. The maximum absolute atomic E-state index is 12.5. The molecule has 0 aliphatic rings. The fourth-order valence-corrected chi connectivity index (χ4v) is 3.09. The Morgan fingerprint density at radius 2 is 1.94 bits per heavy atom. The van der Waals surface area contributed by atoms with E-state index in [4.69, 9.17) is 0 Å². The molecule has 1 aromatic carbocycles. The maximum Gasteiger partial charge on any atom is 0.0806 e. The monoisotopic (exact) mass is 266 g/mol. The molecule has 100 valence electrons. The second-order valence-electron chi connectivity index (χ2n) is 4.95. The van der Waals surface area contributed by atoms with Crippen molar-refractivity contribution in [2.24, 2.45) is 0 Å². The van der Waals surface area contributed by atoms with Crippen molar-refractivity contribution >= 4 is 10.8 Å². The van der Waals surface area contributed by atoms with Crippen LogP contribution in [0.25, 0.3) is 0 Å². The molecule has 1 aromatic rings. The van der Waals surface area contributed by atoms with Gasteiger partial charge in [-0.15, -0.1) is 0 Å². The van der Waals surface area contributed by atoms with Gasteiger partial charge in [0.1, 0.15) is 0 Å². The van der Waals surface area contributed by atoms with E-state index in [1.54, 1.807) is 19.9 Å². The number of hydrogen-bond donors (Lipinski definition) is 1. The second kappa shape index (κ2) is 6.86. The van der Waals surface area contributed by atoms with Crippen molar-refractivity contribution in [3.05, 3.63) is 41.3 Å². The molecular weight excluding hydrogens is 244 g/mol. The molecule has 1 unspecified atom stereocenters. The minimum absolute atomic E-state index is 0.766. The van der Waals surface area contributed by atoms with Crippen LogP contribution in [0, 0.1) is 0 Å². The molecule has 18 heavy (non-hydrogen) atoms. The summed E-state index contributed by atoms with van der Waals surface area (Å²) in [5, 5.41) is 9.87. The third kappa shape index (κ3) is 5.15. The van der Waals surface area contributed by atoms with E-state index in [-0.39, 0.29) is 0 Å². The van der Waals surface area contributed by atoms with Gasteiger partial charge in [-0.1, -0.05) is 31.5 Å². The smallest absolute Gasteiger partial charge is 0.0806 e. The van der Waals surface area contributed by atoms with Crippen LogP contribution in [0.2, 0.25) is 0 Å². The zero-order chi connectivity index (χ0) is 13.6. The van der Waals surface area contributed by atoms with E-state index >= 15 is 0 Å². The van der Waals surface area contributed by atoms with Crippen molar-refractivity contribution in [1.29, 1.82) is 0 Å². The third-order valence-electron chi connectivity index (χ3n) is 2.49. The average Bonchev–Trinajstić information content (AvgIpc) is 2.33. The number of benzene rings is 1. The van der Waals surface area contributed by atoms with Crippen LogP contribution >= 0.6 is 0 Å². The fraction of sp³-hybridized carbons (Fsp3) is 0.467. The summed E-state index contributed by atoms with van der Waals surface area (Å²) in [4.78, 5) is 1.61. The largest absolute Gasteiger partial charge is 0.386 e. The minimum Gasteiger partial charge on any atom is -0.386 e. The summed E-state index contributed by atoms with van der Waals surface area (Å²) < 4.78 is 12.5. The minimum atomic E-state index is -1.17. The Bertz CT molecular complexity index is 416. The highest BCUT2D eigenvalue weighted by molar-refractivity contribution is 7.89. The van der Waals surface area contributed by atoms with E-state index in [9.17, 15) is 9.32 Å². The van der Waals surface area contributed by atoms with Gasteiger partial charge in [-0.3, -0.25) is 0 Å². The standard InChI is InChI=1S/C15H22O2S/c1-4-5-9-14(12-15(2,3)16)18(17)13-10-7-6-8-11-13/h6-8,10-12,16H,4-5,9H2,1-3H3/b14-12-. The summed E-state index contributed by atoms with van der Waals surface area (Å²) in [5.41, 5.74) is -0.923. The zero-order valence-corrected chi connectivity index (χ0v) is 12.2. The van der Waals surface area contributed by atoms with Crippen LogP contribution in [0.1, 0.15) is 40.0 Å². The first-order valence-corrected chi connectivity index (χ1v) is 7.50. The van der Waals surface area contributed by atoms with E-state index in [0.29, 0.717) is 0 Å². The van der Waals surface area contributed by atoms with Gasteiger partial charge >= 0.3 is 0 Å². The highest BCUT2D eigenvalue weighted by atomic mass is 32.2. The van der Waals surface area contributed by atoms with Crippen molar-refractivity contribution in [2.75, 3.05) is 0 Å². The molecule has 0 bridgehead atoms. The number of hydrogen-bond acceptors (Lipinski definition) is 2. The average molecular weight is 266 g/mol. The number of unbranched alkanes of at least 4 members (excludes halogenated alkanes) is 1. The molecule has 0 saturated carbocycles. The van der Waals surface area contributed by atoms with Crippen LogP contribution in [0.3, 0.4) is 0 Å². The summed E-state index contributed by atoms with van der Waals surface area (Å²) in [7, 11) is -1.17. The zero-order valence-electron chi connectivity index (χ0n) is 11.3. The van der Waals surface area contributed by atoms with Crippen LogP contribution in [0.5, 0.6) is 0 Å². The van der Waals surface area contributed by atoms with E-state index in [1.165, 1.54) is 0 Å². The van der Waals surface area contributed by atoms with E-state index in [1.807, 2.05) is 30.3 Å². The fourth-order valence-electron chi connectivity index (χ4n) is 1.66. The van der Waals surface area contributed by atoms with E-state index < -0.39 is 16.4 Å². The van der Waals surface area contributed by atoms with Gasteiger partial charge in [0, 0.05) is 9.80 Å².